The van der Waals surface area contributed by atoms with E-state index in [9.17, 15) is 9.59 Å². The monoisotopic (exact) mass is 445 g/mol. The molecule has 0 bridgehead atoms. The molecule has 1 unspecified atom stereocenters. The van der Waals surface area contributed by atoms with Gasteiger partial charge in [0.1, 0.15) is 4.88 Å². The molecule has 7 nitrogen and oxygen atoms in total. The summed E-state index contributed by atoms with van der Waals surface area (Å²) in [5, 5.41) is 4.04. The van der Waals surface area contributed by atoms with Crippen molar-refractivity contribution >= 4 is 45.7 Å². The van der Waals surface area contributed by atoms with Gasteiger partial charge >= 0.3 is 6.03 Å². The largest absolute Gasteiger partial charge is 0.338 e. The van der Waals surface area contributed by atoms with Crippen molar-refractivity contribution in [1.82, 2.24) is 14.8 Å². The highest BCUT2D eigenvalue weighted by Crippen LogP contribution is 2.47. The number of nitrogens with zero attached hydrogens (tertiary/aromatic N) is 4. The van der Waals surface area contributed by atoms with Crippen LogP contribution in [0.3, 0.4) is 0 Å². The molecule has 0 radical (unpaired) electrons. The van der Waals surface area contributed by atoms with Gasteiger partial charge in [0.2, 0.25) is 0 Å². The third kappa shape index (κ3) is 3.36. The second-order valence-corrected chi connectivity index (χ2v) is 9.94. The van der Waals surface area contributed by atoms with Gasteiger partial charge in [-0.25, -0.2) is 9.78 Å². The molecule has 2 fully saturated rings. The zero-order chi connectivity index (χ0) is 20.9. The summed E-state index contributed by atoms with van der Waals surface area (Å²) in [6.07, 6.45) is 4.64. The zero-order valence-electron chi connectivity index (χ0n) is 16.9. The average molecular weight is 446 g/mol. The molecule has 3 aliphatic rings. The van der Waals surface area contributed by atoms with Gasteiger partial charge in [-0.2, -0.15) is 0 Å². The van der Waals surface area contributed by atoms with Crippen molar-refractivity contribution in [2.45, 2.75) is 24.7 Å². The van der Waals surface area contributed by atoms with E-state index in [1.165, 1.54) is 11.3 Å². The molecule has 3 amide bonds. The van der Waals surface area contributed by atoms with Gasteiger partial charge < -0.3 is 9.80 Å². The average Bonchev–Trinajstić information content (AvgIpc) is 3.50. The van der Waals surface area contributed by atoms with E-state index in [2.05, 4.69) is 22.2 Å². The Morgan fingerprint density at radius 2 is 2.00 bits per heavy atom. The number of nitrogens with one attached hydrogen (secondary N) is 1. The van der Waals surface area contributed by atoms with Crippen LogP contribution in [0.4, 0.5) is 15.6 Å². The maximum atomic E-state index is 13.2. The van der Waals surface area contributed by atoms with Crippen LogP contribution >= 0.6 is 22.9 Å². The number of anilines is 2. The molecule has 5 rings (SSSR count). The molecule has 9 heteroatoms. The van der Waals surface area contributed by atoms with Crippen molar-refractivity contribution in [3.05, 3.63) is 39.9 Å². The van der Waals surface area contributed by atoms with Crippen LogP contribution in [0.2, 0.25) is 5.02 Å². The summed E-state index contributed by atoms with van der Waals surface area (Å²) >= 11 is 7.52. The first kappa shape index (κ1) is 19.8. The standard InChI is InChI=1S/C21H24ClN5O2S/c1-25-9-6-21(12-25)13-27(16-5-4-14(22)10-15(16)21)20(29)24-19-23-11-17(30-19)18(28)26-7-2-3-8-26/h4-5,10-11H,2-3,6-9,12-13H2,1H3,(H,23,24,29). The van der Waals surface area contributed by atoms with Crippen LogP contribution in [0, 0.1) is 0 Å². The summed E-state index contributed by atoms with van der Waals surface area (Å²) in [6, 6.07) is 5.53. The maximum Gasteiger partial charge on any atom is 0.328 e. The molecule has 4 heterocycles. The van der Waals surface area contributed by atoms with Crippen LogP contribution in [-0.2, 0) is 5.41 Å². The molecule has 158 valence electrons. The highest BCUT2D eigenvalue weighted by atomic mass is 35.5. The van der Waals surface area contributed by atoms with Gasteiger partial charge in [-0.15, -0.1) is 0 Å². The van der Waals surface area contributed by atoms with Crippen molar-refractivity contribution in [1.29, 1.82) is 0 Å². The van der Waals surface area contributed by atoms with Crippen molar-refractivity contribution in [3.63, 3.8) is 0 Å². The lowest BCUT2D eigenvalue weighted by Crippen LogP contribution is -2.40. The minimum atomic E-state index is -0.223. The molecular weight excluding hydrogens is 422 g/mol. The van der Waals surface area contributed by atoms with Gasteiger partial charge in [0, 0.05) is 42.3 Å². The number of thiazole rings is 1. The lowest BCUT2D eigenvalue weighted by atomic mass is 9.81. The summed E-state index contributed by atoms with van der Waals surface area (Å²) in [6.45, 7) is 4.10. The molecule has 2 aromatic rings. The Kier molecular flexibility index (Phi) is 4.95. The van der Waals surface area contributed by atoms with E-state index in [4.69, 9.17) is 11.6 Å². The Morgan fingerprint density at radius 1 is 1.20 bits per heavy atom. The lowest BCUT2D eigenvalue weighted by Gasteiger charge is -2.25. The molecule has 1 spiro atoms. The smallest absolute Gasteiger partial charge is 0.328 e. The van der Waals surface area contributed by atoms with E-state index in [1.54, 1.807) is 11.1 Å². The zero-order valence-corrected chi connectivity index (χ0v) is 18.4. The number of benzene rings is 1. The minimum absolute atomic E-state index is 0.000366. The Hall–Kier alpha value is -2.16. The maximum absolute atomic E-state index is 13.2. The summed E-state index contributed by atoms with van der Waals surface area (Å²) < 4.78 is 0. The summed E-state index contributed by atoms with van der Waals surface area (Å²) in [7, 11) is 2.11. The quantitative estimate of drug-likeness (QED) is 0.765. The van der Waals surface area contributed by atoms with Gasteiger partial charge in [-0.05, 0) is 56.6 Å². The van der Waals surface area contributed by atoms with Crippen molar-refractivity contribution in [2.75, 3.05) is 50.0 Å². The van der Waals surface area contributed by atoms with Crippen LogP contribution in [-0.4, -0.2) is 66.5 Å². The molecule has 2 saturated heterocycles. The van der Waals surface area contributed by atoms with Crippen LogP contribution in [0.5, 0.6) is 0 Å². The first-order chi connectivity index (χ1) is 14.4. The number of likely N-dealkylation sites (tertiary alicyclic amines) is 2. The van der Waals surface area contributed by atoms with Gasteiger partial charge in [-0.3, -0.25) is 15.0 Å². The van der Waals surface area contributed by atoms with Gasteiger partial charge in [0.25, 0.3) is 5.91 Å². The fraction of sp³-hybridized carbons (Fsp3) is 0.476. The number of likely N-dealkylation sites (N-methyl/N-ethyl adjacent to an activating group) is 1. The third-order valence-electron chi connectivity index (χ3n) is 6.39. The summed E-state index contributed by atoms with van der Waals surface area (Å²) in [5.74, 6) is -0.000366. The fourth-order valence-electron chi connectivity index (χ4n) is 4.92. The molecule has 1 N–H and O–H groups in total. The van der Waals surface area contributed by atoms with E-state index in [-0.39, 0.29) is 17.4 Å². The molecular formula is C21H24ClN5O2S. The number of urea groups is 1. The number of carbonyl (C=O) groups is 2. The van der Waals surface area contributed by atoms with E-state index in [1.807, 2.05) is 23.1 Å². The SMILES string of the molecule is CN1CCC2(C1)CN(C(=O)Nc1ncc(C(=O)N3CCCC3)s1)c1ccc(Cl)cc12. The third-order valence-corrected chi connectivity index (χ3v) is 7.53. The molecule has 1 aromatic carbocycles. The van der Waals surface area contributed by atoms with Crippen LogP contribution in [0.1, 0.15) is 34.5 Å². The van der Waals surface area contributed by atoms with Gasteiger partial charge in [-0.1, -0.05) is 22.9 Å². The molecule has 0 saturated carbocycles. The van der Waals surface area contributed by atoms with E-state index >= 15 is 0 Å². The first-order valence-electron chi connectivity index (χ1n) is 10.3. The van der Waals surface area contributed by atoms with Crippen LogP contribution < -0.4 is 10.2 Å². The Balaban J connectivity index is 1.35. The molecule has 3 aliphatic heterocycles. The van der Waals surface area contributed by atoms with Crippen molar-refractivity contribution < 1.29 is 9.59 Å². The Bertz CT molecular complexity index is 1010. The number of halogens is 1. The van der Waals surface area contributed by atoms with E-state index in [0.717, 1.165) is 56.7 Å². The normalized spacial score (nSPS) is 23.4. The van der Waals surface area contributed by atoms with Gasteiger partial charge in [0.15, 0.2) is 5.13 Å². The molecule has 0 aliphatic carbocycles. The lowest BCUT2D eigenvalue weighted by molar-refractivity contribution is 0.0797. The predicted molar refractivity (Wildman–Crippen MR) is 119 cm³/mol. The number of hydrogen-bond donors (Lipinski definition) is 1. The first-order valence-corrected chi connectivity index (χ1v) is 11.5. The van der Waals surface area contributed by atoms with E-state index < -0.39 is 0 Å². The highest BCUT2D eigenvalue weighted by Gasteiger charge is 2.48. The van der Waals surface area contributed by atoms with Crippen LogP contribution in [0.25, 0.3) is 0 Å². The predicted octanol–water partition coefficient (Wildman–Crippen LogP) is 3.66. The number of fused-ring (bicyclic) bond motifs is 2. The Labute approximate surface area is 184 Å². The second kappa shape index (κ2) is 7.51. The topological polar surface area (TPSA) is 68.8 Å². The molecule has 1 atom stereocenters. The highest BCUT2D eigenvalue weighted by molar-refractivity contribution is 7.17. The molecule has 30 heavy (non-hydrogen) atoms. The number of amides is 3. The van der Waals surface area contributed by atoms with E-state index in [0.29, 0.717) is 21.6 Å². The van der Waals surface area contributed by atoms with Gasteiger partial charge in [0.05, 0.1) is 6.20 Å². The minimum Gasteiger partial charge on any atom is -0.338 e. The fourth-order valence-corrected chi connectivity index (χ4v) is 5.86. The van der Waals surface area contributed by atoms with Crippen LogP contribution in [0.15, 0.2) is 24.4 Å². The summed E-state index contributed by atoms with van der Waals surface area (Å²) in [4.78, 5) is 36.5. The van der Waals surface area contributed by atoms with Crippen molar-refractivity contribution in [2.24, 2.45) is 0 Å². The Morgan fingerprint density at radius 3 is 2.73 bits per heavy atom. The second-order valence-electron chi connectivity index (χ2n) is 8.47. The number of aromatic nitrogens is 1. The number of rotatable bonds is 2. The number of hydrogen-bond acceptors (Lipinski definition) is 5. The van der Waals surface area contributed by atoms with Crippen molar-refractivity contribution in [3.8, 4) is 0 Å². The number of carbonyl (C=O) groups excluding carboxylic acids is 2. The molecule has 1 aromatic heterocycles. The summed E-state index contributed by atoms with van der Waals surface area (Å²) in [5.41, 5.74) is 1.95.